The van der Waals surface area contributed by atoms with Crippen LogP contribution in [0.3, 0.4) is 0 Å². The van der Waals surface area contributed by atoms with E-state index in [0.29, 0.717) is 0 Å². The molecule has 0 spiro atoms. The maximum Gasteiger partial charge on any atom is 0.0707 e. The maximum atomic E-state index is 4.53. The van der Waals surface area contributed by atoms with E-state index in [0.717, 1.165) is 30.5 Å². The number of unbranched alkanes of at least 4 members (excludes halogenated alkanes) is 1. The zero-order valence-corrected chi connectivity index (χ0v) is 9.16. The number of nitrogens with zero attached hydrogens (tertiary/aromatic N) is 1. The van der Waals surface area contributed by atoms with Crippen LogP contribution in [0.25, 0.3) is 10.9 Å². The minimum absolute atomic E-state index is 0.996. The van der Waals surface area contributed by atoms with Crippen LogP contribution >= 0.6 is 0 Å². The van der Waals surface area contributed by atoms with E-state index < -0.39 is 0 Å². The predicted molar refractivity (Wildman–Crippen MR) is 64.8 cm³/mol. The predicted octanol–water partition coefficient (Wildman–Crippen LogP) is 3.70. The molecule has 2 aromatic rings. The summed E-state index contributed by atoms with van der Waals surface area (Å²) in [6.45, 7) is 5.94. The number of para-hydroxylation sites is 1. The van der Waals surface area contributed by atoms with Crippen LogP contribution < -0.4 is 0 Å². The fourth-order valence-corrected chi connectivity index (χ4v) is 1.92. The van der Waals surface area contributed by atoms with E-state index in [2.05, 4.69) is 43.1 Å². The first-order valence-corrected chi connectivity index (χ1v) is 5.46. The summed E-state index contributed by atoms with van der Waals surface area (Å²) in [4.78, 5) is 4.53. The number of rotatable bonds is 3. The molecule has 0 fully saturated rings. The smallest absolute Gasteiger partial charge is 0.0707 e. The Morgan fingerprint density at radius 2 is 2.07 bits per heavy atom. The fraction of sp³-hybridized carbons (Fsp3) is 0.286. The molecule has 0 atom stereocenters. The first-order chi connectivity index (χ1) is 7.31. The van der Waals surface area contributed by atoms with Gasteiger partial charge in [-0.2, -0.15) is 0 Å². The summed E-state index contributed by atoms with van der Waals surface area (Å²) in [5.74, 6) is 0. The lowest BCUT2D eigenvalue weighted by molar-refractivity contribution is 0.844. The average Bonchev–Trinajstić information content (AvgIpc) is 2.25. The van der Waals surface area contributed by atoms with Crippen molar-refractivity contribution in [3.8, 4) is 0 Å². The van der Waals surface area contributed by atoms with E-state index >= 15 is 0 Å². The van der Waals surface area contributed by atoms with Crippen LogP contribution in [0.2, 0.25) is 0 Å². The Kier molecular flexibility index (Phi) is 3.00. The maximum absolute atomic E-state index is 4.53. The van der Waals surface area contributed by atoms with Crippen LogP contribution in [0.1, 0.15) is 24.1 Å². The van der Waals surface area contributed by atoms with Gasteiger partial charge >= 0.3 is 0 Å². The minimum Gasteiger partial charge on any atom is -0.253 e. The van der Waals surface area contributed by atoms with Gasteiger partial charge in [0.2, 0.25) is 0 Å². The zero-order chi connectivity index (χ0) is 10.7. The molecule has 0 amide bonds. The van der Waals surface area contributed by atoms with Gasteiger partial charge in [-0.1, -0.05) is 31.5 Å². The van der Waals surface area contributed by atoms with Crippen LogP contribution in [-0.2, 0) is 6.42 Å². The topological polar surface area (TPSA) is 12.9 Å². The Labute approximate surface area is 91.2 Å². The number of hydrogen-bond acceptors (Lipinski definition) is 1. The molecule has 77 valence electrons. The van der Waals surface area contributed by atoms with Crippen LogP contribution in [0.4, 0.5) is 0 Å². The minimum atomic E-state index is 0.996. The van der Waals surface area contributed by atoms with Gasteiger partial charge in [0, 0.05) is 11.1 Å². The lowest BCUT2D eigenvalue weighted by Gasteiger charge is -2.06. The number of pyridine rings is 1. The fourth-order valence-electron chi connectivity index (χ4n) is 1.92. The van der Waals surface area contributed by atoms with Gasteiger partial charge in [0.1, 0.15) is 0 Å². The van der Waals surface area contributed by atoms with Crippen LogP contribution in [0, 0.1) is 13.8 Å². The van der Waals surface area contributed by atoms with Crippen molar-refractivity contribution in [2.75, 3.05) is 0 Å². The molecule has 0 unspecified atom stereocenters. The molecule has 2 rings (SSSR count). The van der Waals surface area contributed by atoms with Gasteiger partial charge in [-0.3, -0.25) is 4.98 Å². The molecule has 0 aliphatic rings. The van der Waals surface area contributed by atoms with Crippen LogP contribution in [0.5, 0.6) is 0 Å². The van der Waals surface area contributed by atoms with Crippen molar-refractivity contribution in [1.82, 2.24) is 4.98 Å². The molecule has 1 heteroatoms. The Morgan fingerprint density at radius 1 is 1.27 bits per heavy atom. The molecule has 0 N–H and O–H groups in total. The molecule has 0 aliphatic heterocycles. The van der Waals surface area contributed by atoms with E-state index in [1.807, 2.05) is 6.07 Å². The highest BCUT2D eigenvalue weighted by atomic mass is 14.7. The van der Waals surface area contributed by atoms with Crippen LogP contribution in [0.15, 0.2) is 30.3 Å². The quantitative estimate of drug-likeness (QED) is 0.732. The van der Waals surface area contributed by atoms with Gasteiger partial charge < -0.3 is 0 Å². The van der Waals surface area contributed by atoms with Crippen molar-refractivity contribution >= 4 is 10.9 Å². The van der Waals surface area contributed by atoms with Crippen LogP contribution in [-0.4, -0.2) is 4.98 Å². The second kappa shape index (κ2) is 4.43. The lowest BCUT2D eigenvalue weighted by atomic mass is 10.0. The summed E-state index contributed by atoms with van der Waals surface area (Å²) < 4.78 is 0. The molecule has 0 saturated carbocycles. The lowest BCUT2D eigenvalue weighted by Crippen LogP contribution is -1.92. The zero-order valence-electron chi connectivity index (χ0n) is 9.16. The summed E-state index contributed by atoms with van der Waals surface area (Å²) in [5.41, 5.74) is 3.62. The average molecular weight is 198 g/mol. The second-order valence-corrected chi connectivity index (χ2v) is 3.90. The van der Waals surface area contributed by atoms with Gasteiger partial charge in [-0.05, 0) is 37.5 Å². The summed E-state index contributed by atoms with van der Waals surface area (Å²) in [6, 6.07) is 10.5. The molecule has 1 radical (unpaired) electrons. The molecule has 15 heavy (non-hydrogen) atoms. The number of hydrogen-bond donors (Lipinski definition) is 0. The van der Waals surface area contributed by atoms with E-state index in [1.165, 1.54) is 10.9 Å². The third-order valence-electron chi connectivity index (χ3n) is 2.63. The summed E-state index contributed by atoms with van der Waals surface area (Å²) >= 11 is 0. The van der Waals surface area contributed by atoms with E-state index in [4.69, 9.17) is 0 Å². The molecule has 1 aromatic carbocycles. The van der Waals surface area contributed by atoms with Gasteiger partial charge in [0.25, 0.3) is 0 Å². The SMILES string of the molecule is [CH2]CCCc1cc(C)nc2ccccc12. The van der Waals surface area contributed by atoms with E-state index in [9.17, 15) is 0 Å². The highest BCUT2D eigenvalue weighted by molar-refractivity contribution is 5.82. The third-order valence-corrected chi connectivity index (χ3v) is 2.63. The van der Waals surface area contributed by atoms with Crippen molar-refractivity contribution < 1.29 is 0 Å². The summed E-state index contributed by atoms with van der Waals surface area (Å²) in [6.07, 6.45) is 3.25. The molecule has 1 nitrogen and oxygen atoms in total. The first kappa shape index (κ1) is 10.2. The summed E-state index contributed by atoms with van der Waals surface area (Å²) in [5, 5.41) is 1.29. The van der Waals surface area contributed by atoms with Crippen molar-refractivity contribution in [3.05, 3.63) is 48.5 Å². The number of fused-ring (bicyclic) bond motifs is 1. The number of benzene rings is 1. The van der Waals surface area contributed by atoms with Gasteiger partial charge in [-0.15, -0.1) is 0 Å². The third kappa shape index (κ3) is 2.17. The first-order valence-electron chi connectivity index (χ1n) is 5.46. The van der Waals surface area contributed by atoms with Crippen molar-refractivity contribution in [2.24, 2.45) is 0 Å². The highest BCUT2D eigenvalue weighted by Crippen LogP contribution is 2.19. The second-order valence-electron chi connectivity index (χ2n) is 3.90. The molecule has 0 bridgehead atoms. The monoisotopic (exact) mass is 198 g/mol. The molecule has 1 heterocycles. The molecule has 1 aromatic heterocycles. The molecular formula is C14H16N. The summed E-state index contributed by atoms with van der Waals surface area (Å²) in [7, 11) is 0. The van der Waals surface area contributed by atoms with Gasteiger partial charge in [0.05, 0.1) is 5.52 Å². The Hall–Kier alpha value is -1.37. The van der Waals surface area contributed by atoms with Crippen molar-refractivity contribution in [3.63, 3.8) is 0 Å². The Bertz CT molecular complexity index is 460. The molecular weight excluding hydrogens is 182 g/mol. The number of aromatic nitrogens is 1. The normalized spacial score (nSPS) is 10.8. The van der Waals surface area contributed by atoms with Gasteiger partial charge in [0.15, 0.2) is 0 Å². The highest BCUT2D eigenvalue weighted by Gasteiger charge is 2.02. The standard InChI is InChI=1S/C14H16N/c1-3-4-7-12-10-11(2)15-14-9-6-5-8-13(12)14/h5-6,8-10H,1,3-4,7H2,2H3. The van der Waals surface area contributed by atoms with E-state index in [-0.39, 0.29) is 0 Å². The molecule has 0 saturated heterocycles. The van der Waals surface area contributed by atoms with Crippen molar-refractivity contribution in [2.45, 2.75) is 26.2 Å². The molecule has 0 aliphatic carbocycles. The largest absolute Gasteiger partial charge is 0.253 e. The number of aryl methyl sites for hydroxylation is 2. The van der Waals surface area contributed by atoms with E-state index in [1.54, 1.807) is 0 Å². The Morgan fingerprint density at radius 3 is 2.87 bits per heavy atom. The van der Waals surface area contributed by atoms with Crippen molar-refractivity contribution in [1.29, 1.82) is 0 Å². The Balaban J connectivity index is 2.50. The van der Waals surface area contributed by atoms with Gasteiger partial charge in [-0.25, -0.2) is 0 Å².